The van der Waals surface area contributed by atoms with Gasteiger partial charge in [0.1, 0.15) is 5.75 Å². The van der Waals surface area contributed by atoms with Crippen LogP contribution in [0.4, 0.5) is 5.69 Å². The lowest BCUT2D eigenvalue weighted by molar-refractivity contribution is -0.288. The molecule has 200 valence electrons. The van der Waals surface area contributed by atoms with Crippen molar-refractivity contribution in [1.29, 1.82) is 0 Å². The Morgan fingerprint density at radius 3 is 2.51 bits per heavy atom. The molecular formula is C30H40N2O5. The first kappa shape index (κ1) is 27.1. The first-order valence-electron chi connectivity index (χ1n) is 13.7. The molecule has 0 saturated carbocycles. The van der Waals surface area contributed by atoms with Gasteiger partial charge < -0.3 is 25.6 Å². The fourth-order valence-electron chi connectivity index (χ4n) is 5.52. The van der Waals surface area contributed by atoms with E-state index in [-0.39, 0.29) is 35.3 Å². The number of nitrogens with one attached hydrogen (secondary N) is 1. The zero-order valence-electron chi connectivity index (χ0n) is 22.4. The maximum atomic E-state index is 14.4. The highest BCUT2D eigenvalue weighted by atomic mass is 16.8. The predicted octanol–water partition coefficient (Wildman–Crippen LogP) is 5.64. The number of ether oxygens (including phenoxy) is 2. The van der Waals surface area contributed by atoms with Gasteiger partial charge in [-0.05, 0) is 42.9 Å². The van der Waals surface area contributed by atoms with E-state index in [4.69, 9.17) is 15.2 Å². The van der Waals surface area contributed by atoms with Crippen molar-refractivity contribution in [2.45, 2.75) is 103 Å². The van der Waals surface area contributed by atoms with E-state index in [1.165, 1.54) is 0 Å². The third-order valence-corrected chi connectivity index (χ3v) is 7.53. The van der Waals surface area contributed by atoms with Gasteiger partial charge in [-0.25, -0.2) is 0 Å². The fraction of sp³-hybridized carbons (Fsp3) is 0.533. The number of nitrogen functional groups attached to an aromatic ring is 1. The van der Waals surface area contributed by atoms with Crippen LogP contribution in [0.2, 0.25) is 0 Å². The van der Waals surface area contributed by atoms with Gasteiger partial charge in [-0.2, -0.15) is 0 Å². The van der Waals surface area contributed by atoms with Gasteiger partial charge in [0.2, 0.25) is 17.2 Å². The largest absolute Gasteiger partial charge is 0.454 e. The number of benzene rings is 2. The van der Waals surface area contributed by atoms with Crippen molar-refractivity contribution in [3.8, 4) is 5.75 Å². The van der Waals surface area contributed by atoms with Crippen molar-refractivity contribution < 1.29 is 24.2 Å². The van der Waals surface area contributed by atoms with Crippen molar-refractivity contribution in [1.82, 2.24) is 5.32 Å². The van der Waals surface area contributed by atoms with Crippen LogP contribution < -0.4 is 15.8 Å². The van der Waals surface area contributed by atoms with Crippen LogP contribution in [0.3, 0.4) is 0 Å². The molecule has 2 aromatic rings. The Kier molecular flexibility index (Phi) is 7.95. The lowest BCUT2D eigenvalue weighted by Crippen LogP contribution is -2.62. The normalized spacial score (nSPS) is 22.4. The summed E-state index contributed by atoms with van der Waals surface area (Å²) in [6.45, 7) is 8.31. The summed E-state index contributed by atoms with van der Waals surface area (Å²) in [5.41, 5.74) is 7.12. The van der Waals surface area contributed by atoms with E-state index in [0.29, 0.717) is 29.7 Å². The number of nitrogens with two attached hydrogens (primary N) is 1. The molecule has 1 amide bonds. The zero-order chi connectivity index (χ0) is 26.8. The van der Waals surface area contributed by atoms with Gasteiger partial charge in [0, 0.05) is 23.2 Å². The molecule has 0 fully saturated rings. The number of ketones is 1. The van der Waals surface area contributed by atoms with E-state index < -0.39 is 17.6 Å². The fourth-order valence-corrected chi connectivity index (χ4v) is 5.52. The van der Waals surface area contributed by atoms with E-state index in [1.54, 1.807) is 18.2 Å². The molecule has 7 heteroatoms. The first-order chi connectivity index (χ1) is 17.7. The number of fused-ring (bicyclic) bond motifs is 5. The molecule has 37 heavy (non-hydrogen) atoms. The number of hydrogen-bond acceptors (Lipinski definition) is 6. The quantitative estimate of drug-likeness (QED) is 0.194. The van der Waals surface area contributed by atoms with Gasteiger partial charge in [0.25, 0.3) is 5.79 Å². The number of anilines is 1. The lowest BCUT2D eigenvalue weighted by atomic mass is 9.81. The number of Topliss-reactive ketones (excluding diaryl/α,β-unsaturated/α-hetero) is 1. The Morgan fingerprint density at radius 1 is 1.08 bits per heavy atom. The summed E-state index contributed by atoms with van der Waals surface area (Å²) in [5.74, 6) is -1.75. The van der Waals surface area contributed by atoms with Crippen molar-refractivity contribution in [3.63, 3.8) is 0 Å². The number of carbonyl (C=O) groups is 2. The van der Waals surface area contributed by atoms with Crippen molar-refractivity contribution in [2.75, 3.05) is 5.73 Å². The average molecular weight is 509 g/mol. The Hall–Kier alpha value is -2.90. The predicted molar refractivity (Wildman–Crippen MR) is 143 cm³/mol. The monoisotopic (exact) mass is 508 g/mol. The standard InChI is InChI=1S/C30H40N2O5/c1-5-7-9-14-25(33)32-29-21-17-16-20(19(3)4)18-24(21)36-30(29,37-26(34)15-10-8-6-2)22-12-11-13-23(31)27(22)28(29)35/h11-13,16-19,26,34H,5-10,14-15,31H2,1-4H3,(H,32,33). The van der Waals surface area contributed by atoms with Crippen molar-refractivity contribution >= 4 is 17.4 Å². The molecule has 0 radical (unpaired) electrons. The number of rotatable bonds is 12. The molecule has 4 N–H and O–H groups in total. The SMILES string of the molecule is CCCCCC(=O)NC12C(=O)c3c(N)cccc3C1(OC(O)CCCCC)Oc1cc(C(C)C)ccc12. The van der Waals surface area contributed by atoms with E-state index >= 15 is 0 Å². The van der Waals surface area contributed by atoms with Crippen LogP contribution in [0, 0.1) is 0 Å². The summed E-state index contributed by atoms with van der Waals surface area (Å²) in [5, 5.41) is 14.1. The molecule has 0 aromatic heterocycles. The van der Waals surface area contributed by atoms with Crippen LogP contribution in [0.25, 0.3) is 0 Å². The molecule has 0 bridgehead atoms. The molecule has 1 aliphatic heterocycles. The highest BCUT2D eigenvalue weighted by molar-refractivity contribution is 6.15. The van der Waals surface area contributed by atoms with Gasteiger partial charge in [0.05, 0.1) is 5.56 Å². The van der Waals surface area contributed by atoms with Crippen LogP contribution >= 0.6 is 0 Å². The number of hydrogen-bond donors (Lipinski definition) is 3. The second-order valence-corrected chi connectivity index (χ2v) is 10.6. The second-order valence-electron chi connectivity index (χ2n) is 10.6. The second kappa shape index (κ2) is 10.8. The summed E-state index contributed by atoms with van der Waals surface area (Å²) in [4.78, 5) is 27.7. The minimum Gasteiger partial charge on any atom is -0.454 e. The van der Waals surface area contributed by atoms with E-state index in [2.05, 4.69) is 33.0 Å². The van der Waals surface area contributed by atoms with Gasteiger partial charge in [-0.15, -0.1) is 0 Å². The summed E-state index contributed by atoms with van der Waals surface area (Å²) in [6.07, 6.45) is 4.71. The number of aliphatic hydroxyl groups excluding tert-OH is 1. The van der Waals surface area contributed by atoms with E-state index in [0.717, 1.165) is 37.7 Å². The summed E-state index contributed by atoms with van der Waals surface area (Å²) < 4.78 is 13.0. The summed E-state index contributed by atoms with van der Waals surface area (Å²) in [6, 6.07) is 10.8. The molecule has 1 aliphatic carbocycles. The van der Waals surface area contributed by atoms with Crippen LogP contribution in [0.1, 0.15) is 112 Å². The molecule has 2 aliphatic rings. The number of amides is 1. The molecule has 7 nitrogen and oxygen atoms in total. The Labute approximate surface area is 219 Å². The maximum absolute atomic E-state index is 14.4. The summed E-state index contributed by atoms with van der Waals surface area (Å²) >= 11 is 0. The Bertz CT molecular complexity index is 1160. The van der Waals surface area contributed by atoms with Crippen LogP contribution in [-0.4, -0.2) is 23.1 Å². The zero-order valence-corrected chi connectivity index (χ0v) is 22.4. The van der Waals surface area contributed by atoms with E-state index in [9.17, 15) is 14.7 Å². The van der Waals surface area contributed by atoms with Crippen LogP contribution in [-0.2, 0) is 20.9 Å². The Balaban J connectivity index is 1.89. The highest BCUT2D eigenvalue weighted by Gasteiger charge is 2.74. The Morgan fingerprint density at radius 2 is 1.81 bits per heavy atom. The van der Waals surface area contributed by atoms with Gasteiger partial charge >= 0.3 is 0 Å². The highest BCUT2D eigenvalue weighted by Crippen LogP contribution is 2.61. The van der Waals surface area contributed by atoms with Gasteiger partial charge in [-0.1, -0.05) is 77.6 Å². The summed E-state index contributed by atoms with van der Waals surface area (Å²) in [7, 11) is 0. The van der Waals surface area contributed by atoms with Crippen LogP contribution in [0.5, 0.6) is 5.75 Å². The third-order valence-electron chi connectivity index (χ3n) is 7.53. The number of carbonyl (C=O) groups excluding carboxylic acids is 2. The number of unbranched alkanes of at least 4 members (excludes halogenated alkanes) is 4. The van der Waals surface area contributed by atoms with Gasteiger partial charge in [-0.3, -0.25) is 9.59 Å². The van der Waals surface area contributed by atoms with Crippen molar-refractivity contribution in [2.24, 2.45) is 0 Å². The topological polar surface area (TPSA) is 111 Å². The number of aliphatic hydroxyl groups is 1. The molecule has 3 atom stereocenters. The van der Waals surface area contributed by atoms with Gasteiger partial charge in [0.15, 0.2) is 6.29 Å². The minimum atomic E-state index is -1.78. The molecule has 2 aromatic carbocycles. The van der Waals surface area contributed by atoms with E-state index in [1.807, 2.05) is 18.2 Å². The molecule has 0 spiro atoms. The molecule has 0 saturated heterocycles. The lowest BCUT2D eigenvalue weighted by Gasteiger charge is -2.39. The smallest absolute Gasteiger partial charge is 0.275 e. The molecule has 3 unspecified atom stereocenters. The minimum absolute atomic E-state index is 0.226. The first-order valence-corrected chi connectivity index (χ1v) is 13.7. The molecular weight excluding hydrogens is 468 g/mol. The molecule has 1 heterocycles. The van der Waals surface area contributed by atoms with Crippen LogP contribution in [0.15, 0.2) is 36.4 Å². The third kappa shape index (κ3) is 4.53. The van der Waals surface area contributed by atoms with Crippen molar-refractivity contribution in [3.05, 3.63) is 58.7 Å². The maximum Gasteiger partial charge on any atom is 0.275 e. The average Bonchev–Trinajstić information content (AvgIpc) is 3.23. The molecule has 4 rings (SSSR count).